The Balaban J connectivity index is 2.27. The third-order valence-electron chi connectivity index (χ3n) is 3.68. The minimum Gasteiger partial charge on any atom is -0.462 e. The Bertz CT molecular complexity index is 448. The SMILES string of the molecule is CCOC(=O)c1cccnc1N1CCCCC1CCN. The van der Waals surface area contributed by atoms with E-state index in [9.17, 15) is 4.79 Å². The maximum absolute atomic E-state index is 12.1. The van der Waals surface area contributed by atoms with Crippen molar-refractivity contribution < 1.29 is 9.53 Å². The van der Waals surface area contributed by atoms with Crippen molar-refractivity contribution in [3.05, 3.63) is 23.9 Å². The molecular formula is C15H23N3O2. The number of ether oxygens (including phenoxy) is 1. The summed E-state index contributed by atoms with van der Waals surface area (Å²) in [5.41, 5.74) is 6.26. The van der Waals surface area contributed by atoms with Gasteiger partial charge in [0.25, 0.3) is 0 Å². The predicted molar refractivity (Wildman–Crippen MR) is 78.8 cm³/mol. The highest BCUT2D eigenvalue weighted by atomic mass is 16.5. The highest BCUT2D eigenvalue weighted by Crippen LogP contribution is 2.27. The van der Waals surface area contributed by atoms with Crippen LogP contribution in [0.4, 0.5) is 5.82 Å². The normalized spacial score (nSPS) is 18.9. The molecule has 1 saturated heterocycles. The largest absolute Gasteiger partial charge is 0.462 e. The summed E-state index contributed by atoms with van der Waals surface area (Å²) in [6.45, 7) is 3.77. The molecule has 1 aliphatic rings. The maximum atomic E-state index is 12.1. The van der Waals surface area contributed by atoms with E-state index in [-0.39, 0.29) is 5.97 Å². The Labute approximate surface area is 120 Å². The Morgan fingerprint density at radius 2 is 2.40 bits per heavy atom. The molecule has 0 aromatic carbocycles. The van der Waals surface area contributed by atoms with Crippen molar-refractivity contribution in [2.45, 2.75) is 38.6 Å². The van der Waals surface area contributed by atoms with Gasteiger partial charge < -0.3 is 15.4 Å². The minimum atomic E-state index is -0.298. The first-order valence-electron chi connectivity index (χ1n) is 7.36. The molecule has 0 spiro atoms. The first kappa shape index (κ1) is 14.8. The molecule has 2 N–H and O–H groups in total. The van der Waals surface area contributed by atoms with E-state index in [1.165, 1.54) is 6.42 Å². The third-order valence-corrected chi connectivity index (χ3v) is 3.68. The molecule has 20 heavy (non-hydrogen) atoms. The lowest BCUT2D eigenvalue weighted by molar-refractivity contribution is 0.0526. The number of nitrogens with zero attached hydrogens (tertiary/aromatic N) is 2. The quantitative estimate of drug-likeness (QED) is 0.833. The van der Waals surface area contributed by atoms with Gasteiger partial charge in [-0.05, 0) is 51.3 Å². The number of anilines is 1. The Morgan fingerprint density at radius 3 is 3.15 bits per heavy atom. The van der Waals surface area contributed by atoms with E-state index in [1.54, 1.807) is 18.3 Å². The minimum absolute atomic E-state index is 0.298. The summed E-state index contributed by atoms with van der Waals surface area (Å²) < 4.78 is 5.12. The second kappa shape index (κ2) is 7.24. The van der Waals surface area contributed by atoms with E-state index >= 15 is 0 Å². The fourth-order valence-corrected chi connectivity index (χ4v) is 2.77. The van der Waals surface area contributed by atoms with Gasteiger partial charge in [0.2, 0.25) is 0 Å². The van der Waals surface area contributed by atoms with Crippen LogP contribution in [-0.4, -0.2) is 36.7 Å². The van der Waals surface area contributed by atoms with Crippen molar-refractivity contribution in [3.63, 3.8) is 0 Å². The number of esters is 1. The predicted octanol–water partition coefficient (Wildman–Crippen LogP) is 1.97. The summed E-state index contributed by atoms with van der Waals surface area (Å²) in [6.07, 6.45) is 6.10. The van der Waals surface area contributed by atoms with Gasteiger partial charge in [-0.25, -0.2) is 9.78 Å². The van der Waals surface area contributed by atoms with Gasteiger partial charge in [-0.15, -0.1) is 0 Å². The average molecular weight is 277 g/mol. The van der Waals surface area contributed by atoms with Gasteiger partial charge in [-0.3, -0.25) is 0 Å². The van der Waals surface area contributed by atoms with Gasteiger partial charge in [-0.2, -0.15) is 0 Å². The molecule has 0 radical (unpaired) electrons. The molecule has 1 aromatic heterocycles. The average Bonchev–Trinajstić information content (AvgIpc) is 2.48. The van der Waals surface area contributed by atoms with Crippen LogP contribution in [0.3, 0.4) is 0 Å². The molecule has 2 rings (SSSR count). The van der Waals surface area contributed by atoms with Gasteiger partial charge in [0.05, 0.1) is 6.61 Å². The highest BCUT2D eigenvalue weighted by Gasteiger charge is 2.26. The Morgan fingerprint density at radius 1 is 1.55 bits per heavy atom. The topological polar surface area (TPSA) is 68.5 Å². The second-order valence-corrected chi connectivity index (χ2v) is 5.02. The van der Waals surface area contributed by atoms with E-state index in [0.717, 1.165) is 31.6 Å². The Hall–Kier alpha value is -1.62. The van der Waals surface area contributed by atoms with Crippen LogP contribution in [0.1, 0.15) is 43.0 Å². The lowest BCUT2D eigenvalue weighted by Gasteiger charge is -2.37. The number of nitrogens with two attached hydrogens (primary N) is 1. The molecule has 1 aromatic rings. The number of hydrogen-bond acceptors (Lipinski definition) is 5. The van der Waals surface area contributed by atoms with Gasteiger partial charge in [0.1, 0.15) is 11.4 Å². The molecule has 1 unspecified atom stereocenters. The van der Waals surface area contributed by atoms with Crippen LogP contribution in [0, 0.1) is 0 Å². The zero-order valence-electron chi connectivity index (χ0n) is 12.0. The third kappa shape index (κ3) is 3.28. The second-order valence-electron chi connectivity index (χ2n) is 5.02. The number of rotatable bonds is 5. The molecule has 0 bridgehead atoms. The van der Waals surface area contributed by atoms with E-state index in [1.807, 2.05) is 6.92 Å². The van der Waals surface area contributed by atoms with Gasteiger partial charge in [0, 0.05) is 18.8 Å². The summed E-state index contributed by atoms with van der Waals surface area (Å²) in [4.78, 5) is 18.7. The first-order valence-corrected chi connectivity index (χ1v) is 7.36. The van der Waals surface area contributed by atoms with Crippen molar-refractivity contribution in [2.75, 3.05) is 24.6 Å². The van der Waals surface area contributed by atoms with E-state index < -0.39 is 0 Å². The molecule has 0 aliphatic carbocycles. The number of pyridine rings is 1. The molecule has 1 aliphatic heterocycles. The molecule has 110 valence electrons. The van der Waals surface area contributed by atoms with Crippen LogP contribution in [0.2, 0.25) is 0 Å². The van der Waals surface area contributed by atoms with Gasteiger partial charge >= 0.3 is 5.97 Å². The number of aromatic nitrogens is 1. The number of hydrogen-bond donors (Lipinski definition) is 1. The monoisotopic (exact) mass is 277 g/mol. The van der Waals surface area contributed by atoms with E-state index in [0.29, 0.717) is 24.8 Å². The Kier molecular flexibility index (Phi) is 5.35. The molecule has 5 heteroatoms. The van der Waals surface area contributed by atoms with Crippen molar-refractivity contribution in [2.24, 2.45) is 5.73 Å². The van der Waals surface area contributed by atoms with Gasteiger partial charge in [-0.1, -0.05) is 0 Å². The lowest BCUT2D eigenvalue weighted by Crippen LogP contribution is -2.42. The van der Waals surface area contributed by atoms with Crippen LogP contribution in [-0.2, 0) is 4.74 Å². The lowest BCUT2D eigenvalue weighted by atomic mass is 9.98. The van der Waals surface area contributed by atoms with Crippen molar-refractivity contribution in [3.8, 4) is 0 Å². The fourth-order valence-electron chi connectivity index (χ4n) is 2.77. The fraction of sp³-hybridized carbons (Fsp3) is 0.600. The molecule has 1 fully saturated rings. The van der Waals surface area contributed by atoms with Crippen molar-refractivity contribution in [1.29, 1.82) is 0 Å². The summed E-state index contributed by atoms with van der Waals surface area (Å²) in [6, 6.07) is 3.93. The van der Waals surface area contributed by atoms with Crippen molar-refractivity contribution in [1.82, 2.24) is 4.98 Å². The molecule has 0 saturated carbocycles. The van der Waals surface area contributed by atoms with Crippen LogP contribution in [0.5, 0.6) is 0 Å². The zero-order chi connectivity index (χ0) is 14.4. The molecule has 1 atom stereocenters. The number of carbonyl (C=O) groups is 1. The summed E-state index contributed by atoms with van der Waals surface area (Å²) in [5, 5.41) is 0. The molecule has 0 amide bonds. The van der Waals surface area contributed by atoms with E-state index in [2.05, 4.69) is 9.88 Å². The molecule has 2 heterocycles. The maximum Gasteiger partial charge on any atom is 0.341 e. The molecular weight excluding hydrogens is 254 g/mol. The number of piperidine rings is 1. The van der Waals surface area contributed by atoms with Crippen LogP contribution < -0.4 is 10.6 Å². The first-order chi connectivity index (χ1) is 9.77. The summed E-state index contributed by atoms with van der Waals surface area (Å²) in [7, 11) is 0. The zero-order valence-corrected chi connectivity index (χ0v) is 12.0. The molecule has 5 nitrogen and oxygen atoms in total. The standard InChI is InChI=1S/C15H23N3O2/c1-2-20-15(19)13-7-5-10-17-14(13)18-11-4-3-6-12(18)8-9-16/h5,7,10,12H,2-4,6,8-9,11,16H2,1H3. The van der Waals surface area contributed by atoms with Crippen molar-refractivity contribution >= 4 is 11.8 Å². The summed E-state index contributed by atoms with van der Waals surface area (Å²) >= 11 is 0. The highest BCUT2D eigenvalue weighted by molar-refractivity contribution is 5.94. The summed E-state index contributed by atoms with van der Waals surface area (Å²) in [5.74, 6) is 0.441. The van der Waals surface area contributed by atoms with Crippen LogP contribution >= 0.6 is 0 Å². The smallest absolute Gasteiger partial charge is 0.341 e. The number of carbonyl (C=O) groups excluding carboxylic acids is 1. The van der Waals surface area contributed by atoms with Gasteiger partial charge in [0.15, 0.2) is 0 Å². The van der Waals surface area contributed by atoms with E-state index in [4.69, 9.17) is 10.5 Å². The van der Waals surface area contributed by atoms with Crippen LogP contribution in [0.25, 0.3) is 0 Å². The van der Waals surface area contributed by atoms with Crippen LogP contribution in [0.15, 0.2) is 18.3 Å².